The summed E-state index contributed by atoms with van der Waals surface area (Å²) in [5.41, 5.74) is 5.68. The minimum atomic E-state index is -4.32. The summed E-state index contributed by atoms with van der Waals surface area (Å²) in [7, 11) is 0. The van der Waals surface area contributed by atoms with Gasteiger partial charge in [0.1, 0.15) is 11.5 Å². The highest BCUT2D eigenvalue weighted by atomic mass is 19.4. The van der Waals surface area contributed by atoms with Crippen LogP contribution in [0.5, 0.6) is 0 Å². The van der Waals surface area contributed by atoms with Crippen molar-refractivity contribution in [1.82, 2.24) is 0 Å². The number of aryl methyl sites for hydroxylation is 2. The van der Waals surface area contributed by atoms with E-state index < -0.39 is 11.7 Å². The summed E-state index contributed by atoms with van der Waals surface area (Å²) in [4.78, 5) is 0. The molecular weight excluding hydrogens is 349 g/mol. The van der Waals surface area contributed by atoms with Crippen molar-refractivity contribution in [3.8, 4) is 11.1 Å². The van der Waals surface area contributed by atoms with Crippen molar-refractivity contribution in [2.75, 3.05) is 0 Å². The van der Waals surface area contributed by atoms with E-state index in [1.165, 1.54) is 5.56 Å². The average molecular weight is 368 g/mol. The second kappa shape index (κ2) is 6.45. The highest BCUT2D eigenvalue weighted by Gasteiger charge is 2.30. The minimum Gasteiger partial charge on any atom is -0.462 e. The molecule has 0 N–H and O–H groups in total. The molecule has 0 radical (unpaired) electrons. The predicted molar refractivity (Wildman–Crippen MR) is 101 cm³/mol. The zero-order valence-electron chi connectivity index (χ0n) is 15.2. The van der Waals surface area contributed by atoms with Crippen molar-refractivity contribution in [3.05, 3.63) is 82.3 Å². The molecule has 0 amide bonds. The van der Waals surface area contributed by atoms with Gasteiger partial charge < -0.3 is 4.42 Å². The van der Waals surface area contributed by atoms with Crippen LogP contribution in [0.1, 0.15) is 40.7 Å². The number of fused-ring (bicyclic) bond motifs is 1. The number of rotatable bonds is 3. The SMILES string of the molecule is CCc1ccc2c(c1-c1ccc(C(F)(F)F)cc1)C=C(c1ccc(C)o1)C2. The number of benzene rings is 2. The Morgan fingerprint density at radius 3 is 2.30 bits per heavy atom. The zero-order chi connectivity index (χ0) is 19.2. The third kappa shape index (κ3) is 3.20. The number of furan rings is 1. The standard InChI is InChI=1S/C23H19F3O/c1-3-15-5-6-17-12-18(21-11-4-14(2)27-21)13-20(17)22(15)16-7-9-19(10-8-16)23(24,25)26/h4-11,13H,3,12H2,1-2H3. The van der Waals surface area contributed by atoms with Gasteiger partial charge >= 0.3 is 6.18 Å². The van der Waals surface area contributed by atoms with E-state index in [-0.39, 0.29) is 0 Å². The van der Waals surface area contributed by atoms with Crippen LogP contribution in [0.2, 0.25) is 0 Å². The van der Waals surface area contributed by atoms with Gasteiger partial charge in [-0.05, 0) is 77.1 Å². The van der Waals surface area contributed by atoms with Crippen molar-refractivity contribution in [2.24, 2.45) is 0 Å². The molecule has 0 aliphatic heterocycles. The Kier molecular flexibility index (Phi) is 4.22. The molecule has 1 heterocycles. The maximum atomic E-state index is 12.9. The lowest BCUT2D eigenvalue weighted by atomic mass is 9.90. The maximum absolute atomic E-state index is 12.9. The minimum absolute atomic E-state index is 0.626. The van der Waals surface area contributed by atoms with Crippen molar-refractivity contribution < 1.29 is 17.6 Å². The van der Waals surface area contributed by atoms with Crippen LogP contribution in [0.15, 0.2) is 52.9 Å². The van der Waals surface area contributed by atoms with Gasteiger partial charge in [-0.15, -0.1) is 0 Å². The van der Waals surface area contributed by atoms with Gasteiger partial charge in [0.05, 0.1) is 5.56 Å². The van der Waals surface area contributed by atoms with Crippen molar-refractivity contribution >= 4 is 11.6 Å². The summed E-state index contributed by atoms with van der Waals surface area (Å²) in [5, 5.41) is 0. The van der Waals surface area contributed by atoms with Gasteiger partial charge in [0.25, 0.3) is 0 Å². The maximum Gasteiger partial charge on any atom is 0.416 e. The molecule has 1 aliphatic rings. The summed E-state index contributed by atoms with van der Waals surface area (Å²) in [6.45, 7) is 3.97. The second-order valence-corrected chi connectivity index (χ2v) is 6.86. The van der Waals surface area contributed by atoms with E-state index in [0.29, 0.717) is 0 Å². The molecule has 2 aromatic carbocycles. The zero-order valence-corrected chi connectivity index (χ0v) is 15.2. The highest BCUT2D eigenvalue weighted by Crippen LogP contribution is 2.41. The lowest BCUT2D eigenvalue weighted by Crippen LogP contribution is -2.04. The molecule has 1 aliphatic carbocycles. The molecule has 0 atom stereocenters. The van der Waals surface area contributed by atoms with Crippen LogP contribution in [0.3, 0.4) is 0 Å². The topological polar surface area (TPSA) is 13.1 Å². The molecule has 138 valence electrons. The van der Waals surface area contributed by atoms with E-state index in [9.17, 15) is 13.2 Å². The first-order chi connectivity index (χ1) is 12.9. The van der Waals surface area contributed by atoms with Gasteiger partial charge in [0, 0.05) is 6.42 Å². The van der Waals surface area contributed by atoms with Crippen molar-refractivity contribution in [3.63, 3.8) is 0 Å². The van der Waals surface area contributed by atoms with Crippen molar-refractivity contribution in [2.45, 2.75) is 32.9 Å². The van der Waals surface area contributed by atoms with Crippen LogP contribution in [-0.4, -0.2) is 0 Å². The fourth-order valence-electron chi connectivity index (χ4n) is 3.68. The van der Waals surface area contributed by atoms with E-state index in [1.807, 2.05) is 19.1 Å². The molecular formula is C23H19F3O. The number of allylic oxidation sites excluding steroid dienone is 1. The summed E-state index contributed by atoms with van der Waals surface area (Å²) in [6, 6.07) is 13.5. The van der Waals surface area contributed by atoms with E-state index in [2.05, 4.69) is 25.1 Å². The van der Waals surface area contributed by atoms with Gasteiger partial charge in [-0.1, -0.05) is 31.2 Å². The van der Waals surface area contributed by atoms with E-state index in [1.54, 1.807) is 12.1 Å². The van der Waals surface area contributed by atoms with Crippen LogP contribution >= 0.6 is 0 Å². The predicted octanol–water partition coefficient (Wildman–Crippen LogP) is 6.93. The Morgan fingerprint density at radius 1 is 0.963 bits per heavy atom. The van der Waals surface area contributed by atoms with Gasteiger partial charge in [-0.2, -0.15) is 13.2 Å². The quantitative estimate of drug-likeness (QED) is 0.488. The third-order valence-corrected chi connectivity index (χ3v) is 5.06. The molecule has 0 saturated carbocycles. The molecule has 4 heteroatoms. The van der Waals surface area contributed by atoms with Gasteiger partial charge in [0.2, 0.25) is 0 Å². The molecule has 1 aromatic heterocycles. The fourth-order valence-corrected chi connectivity index (χ4v) is 3.68. The number of alkyl halides is 3. The van der Waals surface area contributed by atoms with Crippen LogP contribution in [0, 0.1) is 6.92 Å². The Bertz CT molecular complexity index is 1020. The van der Waals surface area contributed by atoms with E-state index >= 15 is 0 Å². The number of halogens is 3. The molecule has 27 heavy (non-hydrogen) atoms. The Morgan fingerprint density at radius 2 is 1.70 bits per heavy atom. The summed E-state index contributed by atoms with van der Waals surface area (Å²) >= 11 is 0. The Balaban J connectivity index is 1.82. The molecule has 0 spiro atoms. The van der Waals surface area contributed by atoms with E-state index in [0.717, 1.165) is 64.3 Å². The molecule has 0 bridgehead atoms. The average Bonchev–Trinajstić information content (AvgIpc) is 3.26. The highest BCUT2D eigenvalue weighted by molar-refractivity contribution is 5.94. The normalized spacial score (nSPS) is 13.6. The van der Waals surface area contributed by atoms with Crippen molar-refractivity contribution in [1.29, 1.82) is 0 Å². The summed E-state index contributed by atoms with van der Waals surface area (Å²) in [6.07, 6.45) is -0.638. The summed E-state index contributed by atoms with van der Waals surface area (Å²) < 4.78 is 44.5. The van der Waals surface area contributed by atoms with Crippen LogP contribution in [-0.2, 0) is 19.0 Å². The van der Waals surface area contributed by atoms with Crippen LogP contribution in [0.25, 0.3) is 22.8 Å². The molecule has 3 aromatic rings. The molecule has 0 unspecified atom stereocenters. The second-order valence-electron chi connectivity index (χ2n) is 6.86. The monoisotopic (exact) mass is 368 g/mol. The Hall–Kier alpha value is -2.75. The first-order valence-electron chi connectivity index (χ1n) is 8.96. The first kappa shape index (κ1) is 17.7. The lowest BCUT2D eigenvalue weighted by molar-refractivity contribution is -0.137. The molecule has 4 rings (SSSR count). The molecule has 1 nitrogen and oxygen atoms in total. The molecule has 0 fully saturated rings. The third-order valence-electron chi connectivity index (χ3n) is 5.06. The summed E-state index contributed by atoms with van der Waals surface area (Å²) in [5.74, 6) is 1.71. The van der Waals surface area contributed by atoms with E-state index in [4.69, 9.17) is 4.42 Å². The van der Waals surface area contributed by atoms with Gasteiger partial charge in [-0.25, -0.2) is 0 Å². The van der Waals surface area contributed by atoms with Crippen LogP contribution < -0.4 is 0 Å². The van der Waals surface area contributed by atoms with Gasteiger partial charge in [-0.3, -0.25) is 0 Å². The Labute approximate surface area is 156 Å². The lowest BCUT2D eigenvalue weighted by Gasteiger charge is -2.14. The van der Waals surface area contributed by atoms with Crippen LogP contribution in [0.4, 0.5) is 13.2 Å². The molecule has 0 saturated heterocycles. The fraction of sp³-hybridized carbons (Fsp3) is 0.217. The smallest absolute Gasteiger partial charge is 0.416 e. The first-order valence-corrected chi connectivity index (χ1v) is 8.96. The van der Waals surface area contributed by atoms with Gasteiger partial charge in [0.15, 0.2) is 0 Å². The number of hydrogen-bond acceptors (Lipinski definition) is 1. The number of hydrogen-bond donors (Lipinski definition) is 0. The largest absolute Gasteiger partial charge is 0.462 e.